The molecule has 2 aliphatic carbocycles. The molecule has 0 spiro atoms. The van der Waals surface area contributed by atoms with Gasteiger partial charge in [0.2, 0.25) is 11.8 Å². The molecule has 0 aromatic heterocycles. The molecule has 2 bridgehead atoms. The van der Waals surface area contributed by atoms with Crippen molar-refractivity contribution in [3.05, 3.63) is 23.8 Å². The number of rotatable bonds is 6. The lowest BCUT2D eigenvalue weighted by Crippen LogP contribution is -2.45. The monoisotopic (exact) mass is 504 g/mol. The van der Waals surface area contributed by atoms with Crippen molar-refractivity contribution >= 4 is 17.8 Å². The van der Waals surface area contributed by atoms with Crippen LogP contribution in [0, 0.1) is 16.7 Å². The first-order valence-electron chi connectivity index (χ1n) is 12.8. The number of carbonyl (C=O) groups excluding carboxylic acids is 3. The van der Waals surface area contributed by atoms with E-state index in [9.17, 15) is 14.4 Å². The topological polar surface area (TPSA) is 150 Å². The molecule has 2 amide bonds. The standard InChI is InChI=1S/C18H29NO3.C9H11NO4/c1-5-15(20)19-10-6-7-13(19)16(21)22-14-11-12-8-9-18(14,4)17(12,2)3;10-9(14)8(13)4-5-1-2-6(11)7(12)3-5/h12-14H,5-11H2,1-4H3;1-3,8,11-13H,4H2,(H2,10,14). The van der Waals surface area contributed by atoms with Crippen molar-refractivity contribution in [1.82, 2.24) is 4.90 Å². The van der Waals surface area contributed by atoms with E-state index in [-0.39, 0.29) is 52.8 Å². The normalized spacial score (nSPS) is 28.8. The number of primary amides is 1. The molecule has 2 saturated carbocycles. The molecule has 200 valence electrons. The van der Waals surface area contributed by atoms with Crippen LogP contribution >= 0.6 is 0 Å². The highest BCUT2D eigenvalue weighted by Crippen LogP contribution is 2.66. The number of benzene rings is 1. The first-order chi connectivity index (χ1) is 16.8. The van der Waals surface area contributed by atoms with Crippen molar-refractivity contribution in [1.29, 1.82) is 0 Å². The predicted octanol–water partition coefficient (Wildman–Crippen LogP) is 2.63. The lowest BCUT2D eigenvalue weighted by Gasteiger charge is -2.39. The van der Waals surface area contributed by atoms with E-state index in [1.54, 1.807) is 4.90 Å². The van der Waals surface area contributed by atoms with Crippen molar-refractivity contribution < 1.29 is 34.4 Å². The number of amides is 2. The average molecular weight is 505 g/mol. The zero-order valence-electron chi connectivity index (χ0n) is 21.7. The molecule has 3 aliphatic rings. The molecule has 0 radical (unpaired) electrons. The fourth-order valence-electron chi connectivity index (χ4n) is 6.06. The van der Waals surface area contributed by atoms with E-state index in [1.165, 1.54) is 24.6 Å². The molecule has 1 saturated heterocycles. The molecule has 1 aromatic carbocycles. The lowest BCUT2D eigenvalue weighted by atomic mass is 9.70. The van der Waals surface area contributed by atoms with Crippen LogP contribution < -0.4 is 5.73 Å². The zero-order chi connectivity index (χ0) is 26.8. The molecule has 9 heteroatoms. The highest BCUT2D eigenvalue weighted by Gasteiger charge is 2.63. The van der Waals surface area contributed by atoms with Gasteiger partial charge in [-0.05, 0) is 61.1 Å². The highest BCUT2D eigenvalue weighted by molar-refractivity contribution is 5.85. The summed E-state index contributed by atoms with van der Waals surface area (Å²) >= 11 is 0. The van der Waals surface area contributed by atoms with E-state index < -0.39 is 12.0 Å². The van der Waals surface area contributed by atoms with Gasteiger partial charge in [-0.3, -0.25) is 9.59 Å². The number of nitrogens with two attached hydrogens (primary N) is 1. The molecule has 1 heterocycles. The number of aromatic hydroxyl groups is 2. The Balaban J connectivity index is 0.000000223. The van der Waals surface area contributed by atoms with Gasteiger partial charge in [-0.1, -0.05) is 33.8 Å². The number of ether oxygens (including phenoxy) is 1. The van der Waals surface area contributed by atoms with Crippen LogP contribution in [0.25, 0.3) is 0 Å². The molecule has 5 atom stereocenters. The number of fused-ring (bicyclic) bond motifs is 2. The van der Waals surface area contributed by atoms with Crippen LogP contribution in [-0.4, -0.2) is 62.8 Å². The molecule has 4 rings (SSSR count). The molecule has 5 unspecified atom stereocenters. The second kappa shape index (κ2) is 10.7. The van der Waals surface area contributed by atoms with Crippen molar-refractivity contribution in [3.8, 4) is 11.5 Å². The molecule has 5 N–H and O–H groups in total. The molecule has 1 aromatic rings. The second-order valence-corrected chi connectivity index (χ2v) is 11.1. The first-order valence-corrected chi connectivity index (χ1v) is 12.8. The summed E-state index contributed by atoms with van der Waals surface area (Å²) in [6.07, 6.45) is 4.26. The van der Waals surface area contributed by atoms with Gasteiger partial charge in [0, 0.05) is 24.8 Å². The van der Waals surface area contributed by atoms with E-state index in [0.29, 0.717) is 24.4 Å². The van der Waals surface area contributed by atoms with Crippen molar-refractivity contribution in [2.45, 2.75) is 90.9 Å². The minimum atomic E-state index is -1.28. The van der Waals surface area contributed by atoms with E-state index in [4.69, 9.17) is 25.8 Å². The third-order valence-corrected chi connectivity index (χ3v) is 8.92. The van der Waals surface area contributed by atoms with Crippen LogP contribution in [0.4, 0.5) is 0 Å². The quantitative estimate of drug-likeness (QED) is 0.343. The number of phenols is 2. The fraction of sp³-hybridized carbons (Fsp3) is 0.667. The van der Waals surface area contributed by atoms with E-state index in [1.807, 2.05) is 6.92 Å². The number of nitrogens with zero attached hydrogens (tertiary/aromatic N) is 1. The average Bonchev–Trinajstić information content (AvgIpc) is 3.45. The number of esters is 1. The maximum absolute atomic E-state index is 12.6. The maximum atomic E-state index is 12.6. The molecule has 1 aliphatic heterocycles. The Morgan fingerprint density at radius 1 is 1.17 bits per heavy atom. The third-order valence-electron chi connectivity index (χ3n) is 8.92. The minimum Gasteiger partial charge on any atom is -0.504 e. The maximum Gasteiger partial charge on any atom is 0.329 e. The summed E-state index contributed by atoms with van der Waals surface area (Å²) in [5.74, 6) is -0.806. The largest absolute Gasteiger partial charge is 0.504 e. The number of carbonyl (C=O) groups is 3. The highest BCUT2D eigenvalue weighted by atomic mass is 16.5. The summed E-state index contributed by atoms with van der Waals surface area (Å²) < 4.78 is 5.96. The van der Waals surface area contributed by atoms with Crippen molar-refractivity contribution in [2.24, 2.45) is 22.5 Å². The number of likely N-dealkylation sites (tertiary alicyclic amines) is 1. The minimum absolute atomic E-state index is 0.0170. The van der Waals surface area contributed by atoms with Crippen LogP contribution in [0.3, 0.4) is 0 Å². The van der Waals surface area contributed by atoms with Crippen LogP contribution in [0.15, 0.2) is 18.2 Å². The van der Waals surface area contributed by atoms with Gasteiger partial charge in [-0.15, -0.1) is 0 Å². The van der Waals surface area contributed by atoms with E-state index in [0.717, 1.165) is 25.7 Å². The van der Waals surface area contributed by atoms with Gasteiger partial charge >= 0.3 is 5.97 Å². The van der Waals surface area contributed by atoms with Gasteiger partial charge in [0.15, 0.2) is 11.5 Å². The van der Waals surface area contributed by atoms with Gasteiger partial charge in [0.25, 0.3) is 0 Å². The molecule has 9 nitrogen and oxygen atoms in total. The Hall–Kier alpha value is -2.81. The SMILES string of the molecule is CCC(=O)N1CCCC1C(=O)OC1CC2CCC1(C)C2(C)C.NC(=O)C(O)Cc1ccc(O)c(O)c1. The van der Waals surface area contributed by atoms with E-state index >= 15 is 0 Å². The molecular weight excluding hydrogens is 464 g/mol. The number of phenolic OH excluding ortho intramolecular Hbond substituents is 2. The summed E-state index contributed by atoms with van der Waals surface area (Å²) in [5.41, 5.74) is 5.70. The number of aliphatic hydroxyl groups is 1. The third kappa shape index (κ3) is 5.31. The van der Waals surface area contributed by atoms with Gasteiger partial charge in [0.1, 0.15) is 18.2 Å². The Morgan fingerprint density at radius 2 is 1.86 bits per heavy atom. The summed E-state index contributed by atoms with van der Waals surface area (Å²) in [7, 11) is 0. The van der Waals surface area contributed by atoms with Crippen LogP contribution in [0.2, 0.25) is 0 Å². The smallest absolute Gasteiger partial charge is 0.329 e. The Bertz CT molecular complexity index is 994. The number of hydrogen-bond donors (Lipinski definition) is 4. The van der Waals surface area contributed by atoms with Crippen LogP contribution in [0.5, 0.6) is 11.5 Å². The Morgan fingerprint density at radius 3 is 2.39 bits per heavy atom. The summed E-state index contributed by atoms with van der Waals surface area (Å²) in [6, 6.07) is 3.68. The van der Waals surface area contributed by atoms with Gasteiger partial charge in [0.05, 0.1) is 0 Å². The summed E-state index contributed by atoms with van der Waals surface area (Å²) in [6.45, 7) is 9.47. The fourth-order valence-corrected chi connectivity index (χ4v) is 6.06. The summed E-state index contributed by atoms with van der Waals surface area (Å²) in [4.78, 5) is 36.9. The van der Waals surface area contributed by atoms with Crippen molar-refractivity contribution in [2.75, 3.05) is 6.54 Å². The molecule has 3 fully saturated rings. The second-order valence-electron chi connectivity index (χ2n) is 11.1. The zero-order valence-corrected chi connectivity index (χ0v) is 21.7. The Kier molecular flexibility index (Phi) is 8.23. The number of hydrogen-bond acceptors (Lipinski definition) is 7. The Labute approximate surface area is 212 Å². The number of aliphatic hydroxyl groups excluding tert-OH is 1. The van der Waals surface area contributed by atoms with Gasteiger partial charge in [-0.25, -0.2) is 4.79 Å². The first kappa shape index (κ1) is 27.8. The molecular formula is C27H40N2O7. The van der Waals surface area contributed by atoms with Gasteiger partial charge < -0.3 is 30.7 Å². The van der Waals surface area contributed by atoms with Crippen molar-refractivity contribution in [3.63, 3.8) is 0 Å². The molecule has 36 heavy (non-hydrogen) atoms. The van der Waals surface area contributed by atoms with Crippen LogP contribution in [-0.2, 0) is 25.5 Å². The van der Waals surface area contributed by atoms with Crippen LogP contribution in [0.1, 0.15) is 71.8 Å². The van der Waals surface area contributed by atoms with Gasteiger partial charge in [-0.2, -0.15) is 0 Å². The lowest BCUT2D eigenvalue weighted by molar-refractivity contribution is -0.164. The summed E-state index contributed by atoms with van der Waals surface area (Å²) in [5, 5.41) is 27.2. The van der Waals surface area contributed by atoms with E-state index in [2.05, 4.69) is 20.8 Å². The predicted molar refractivity (Wildman–Crippen MR) is 133 cm³/mol.